The molecule has 1 aromatic rings. The van der Waals surface area contributed by atoms with E-state index in [4.69, 9.17) is 17.3 Å². The van der Waals surface area contributed by atoms with Crippen LogP contribution in [-0.2, 0) is 0 Å². The van der Waals surface area contributed by atoms with Gasteiger partial charge in [-0.15, -0.1) is 0 Å². The van der Waals surface area contributed by atoms with Crippen LogP contribution in [-0.4, -0.2) is 17.6 Å². The van der Waals surface area contributed by atoms with E-state index in [0.717, 1.165) is 12.4 Å². The van der Waals surface area contributed by atoms with Crippen molar-refractivity contribution in [3.05, 3.63) is 17.3 Å². The largest absolute Gasteiger partial charge is 0.397 e. The molecule has 0 saturated heterocycles. The summed E-state index contributed by atoms with van der Waals surface area (Å²) >= 11 is 6.24. The molecule has 1 fully saturated rings. The average Bonchev–Trinajstić information content (AvgIpc) is 2.34. The summed E-state index contributed by atoms with van der Waals surface area (Å²) in [4.78, 5) is 6.71. The minimum absolute atomic E-state index is 0.586. The van der Waals surface area contributed by atoms with Gasteiger partial charge in [0.25, 0.3) is 0 Å². The van der Waals surface area contributed by atoms with Crippen LogP contribution in [0.1, 0.15) is 39.0 Å². The lowest BCUT2D eigenvalue weighted by atomic mass is 9.94. The molecule has 0 atom stereocenters. The fourth-order valence-electron chi connectivity index (χ4n) is 2.63. The Morgan fingerprint density at radius 2 is 2.12 bits per heavy atom. The molecule has 94 valence electrons. The van der Waals surface area contributed by atoms with Gasteiger partial charge in [0.05, 0.1) is 16.9 Å². The predicted molar refractivity (Wildman–Crippen MR) is 73.6 cm³/mol. The summed E-state index contributed by atoms with van der Waals surface area (Å²) in [5.41, 5.74) is 6.31. The van der Waals surface area contributed by atoms with Crippen LogP contribution in [0, 0.1) is 0 Å². The highest BCUT2D eigenvalue weighted by Crippen LogP contribution is 2.31. The predicted octanol–water partition coefficient (Wildman–Crippen LogP) is 3.48. The summed E-state index contributed by atoms with van der Waals surface area (Å²) in [5, 5.41) is 0.664. The van der Waals surface area contributed by atoms with E-state index >= 15 is 0 Å². The Labute approximate surface area is 108 Å². The van der Waals surface area contributed by atoms with Crippen LogP contribution in [0.2, 0.25) is 5.02 Å². The molecule has 0 bridgehead atoms. The Kier molecular flexibility index (Phi) is 4.11. The van der Waals surface area contributed by atoms with E-state index in [1.54, 1.807) is 12.3 Å². The maximum atomic E-state index is 6.24. The first-order chi connectivity index (χ1) is 8.22. The second-order valence-corrected chi connectivity index (χ2v) is 5.06. The van der Waals surface area contributed by atoms with E-state index in [2.05, 4.69) is 16.8 Å². The van der Waals surface area contributed by atoms with Crippen molar-refractivity contribution in [3.63, 3.8) is 0 Å². The van der Waals surface area contributed by atoms with E-state index in [9.17, 15) is 0 Å². The maximum Gasteiger partial charge on any atom is 0.147 e. The molecule has 0 spiro atoms. The van der Waals surface area contributed by atoms with E-state index in [1.165, 1.54) is 32.1 Å². The molecule has 1 aliphatic rings. The summed E-state index contributed by atoms with van der Waals surface area (Å²) in [6.45, 7) is 3.10. The number of nitrogens with two attached hydrogens (primary N) is 1. The van der Waals surface area contributed by atoms with E-state index in [-0.39, 0.29) is 0 Å². The Balaban J connectivity index is 2.21. The molecule has 2 rings (SSSR count). The van der Waals surface area contributed by atoms with Gasteiger partial charge in [-0.25, -0.2) is 4.98 Å². The van der Waals surface area contributed by atoms with Gasteiger partial charge < -0.3 is 10.6 Å². The first kappa shape index (κ1) is 12.5. The van der Waals surface area contributed by atoms with E-state index < -0.39 is 0 Å². The minimum atomic E-state index is 0.586. The Hall–Kier alpha value is -0.960. The van der Waals surface area contributed by atoms with Gasteiger partial charge in [0, 0.05) is 12.6 Å². The standard InChI is InChI=1S/C13H20ClN3/c1-2-17(11-6-4-3-5-7-11)13-12(14)8-10(15)9-16-13/h8-9,11H,2-7,15H2,1H3. The fourth-order valence-corrected chi connectivity index (χ4v) is 2.91. The molecule has 17 heavy (non-hydrogen) atoms. The summed E-state index contributed by atoms with van der Waals surface area (Å²) in [6.07, 6.45) is 8.16. The van der Waals surface area contributed by atoms with E-state index in [1.807, 2.05) is 0 Å². The molecule has 3 nitrogen and oxygen atoms in total. The maximum absolute atomic E-state index is 6.24. The molecule has 1 aromatic heterocycles. The fraction of sp³-hybridized carbons (Fsp3) is 0.615. The van der Waals surface area contributed by atoms with E-state index in [0.29, 0.717) is 16.8 Å². The quantitative estimate of drug-likeness (QED) is 0.897. The van der Waals surface area contributed by atoms with Crippen LogP contribution in [0.3, 0.4) is 0 Å². The number of hydrogen-bond donors (Lipinski definition) is 1. The molecular formula is C13H20ClN3. The third-order valence-electron chi connectivity index (χ3n) is 3.47. The van der Waals surface area contributed by atoms with Crippen LogP contribution < -0.4 is 10.6 Å². The van der Waals surface area contributed by atoms with Gasteiger partial charge in [0.1, 0.15) is 5.82 Å². The normalized spacial score (nSPS) is 17.1. The molecule has 0 unspecified atom stereocenters. The number of aromatic nitrogens is 1. The van der Waals surface area contributed by atoms with Crippen molar-refractivity contribution in [3.8, 4) is 0 Å². The van der Waals surface area contributed by atoms with Gasteiger partial charge in [-0.2, -0.15) is 0 Å². The Bertz CT molecular complexity index is 375. The third-order valence-corrected chi connectivity index (χ3v) is 3.75. The highest BCUT2D eigenvalue weighted by atomic mass is 35.5. The first-order valence-corrected chi connectivity index (χ1v) is 6.78. The van der Waals surface area contributed by atoms with Gasteiger partial charge in [-0.05, 0) is 25.8 Å². The number of halogens is 1. The first-order valence-electron chi connectivity index (χ1n) is 6.40. The lowest BCUT2D eigenvalue weighted by molar-refractivity contribution is 0.416. The van der Waals surface area contributed by atoms with Crippen molar-refractivity contribution >= 4 is 23.1 Å². The second-order valence-electron chi connectivity index (χ2n) is 4.65. The zero-order valence-corrected chi connectivity index (χ0v) is 11.1. The molecule has 2 N–H and O–H groups in total. The number of anilines is 2. The molecule has 4 heteroatoms. The van der Waals surface area contributed by atoms with Crippen LogP contribution in [0.25, 0.3) is 0 Å². The van der Waals surface area contributed by atoms with Crippen LogP contribution in [0.4, 0.5) is 11.5 Å². The molecule has 1 aliphatic carbocycles. The molecule has 0 aliphatic heterocycles. The number of pyridine rings is 1. The molecular weight excluding hydrogens is 234 g/mol. The van der Waals surface area contributed by atoms with Crippen molar-refractivity contribution in [1.29, 1.82) is 0 Å². The Morgan fingerprint density at radius 3 is 2.71 bits per heavy atom. The lowest BCUT2D eigenvalue weighted by Crippen LogP contribution is -2.37. The molecule has 1 heterocycles. The van der Waals surface area contributed by atoms with Gasteiger partial charge in [-0.3, -0.25) is 0 Å². The zero-order valence-electron chi connectivity index (χ0n) is 10.3. The van der Waals surface area contributed by atoms with Crippen LogP contribution in [0.15, 0.2) is 12.3 Å². The van der Waals surface area contributed by atoms with Gasteiger partial charge in [-0.1, -0.05) is 30.9 Å². The smallest absolute Gasteiger partial charge is 0.147 e. The summed E-state index contributed by atoms with van der Waals surface area (Å²) in [6, 6.07) is 2.37. The van der Waals surface area contributed by atoms with Gasteiger partial charge >= 0.3 is 0 Å². The summed E-state index contributed by atoms with van der Waals surface area (Å²) in [5.74, 6) is 0.885. The van der Waals surface area contributed by atoms with Crippen molar-refractivity contribution in [1.82, 2.24) is 4.98 Å². The monoisotopic (exact) mass is 253 g/mol. The highest BCUT2D eigenvalue weighted by molar-refractivity contribution is 6.33. The van der Waals surface area contributed by atoms with Crippen molar-refractivity contribution < 1.29 is 0 Å². The molecule has 0 aromatic carbocycles. The summed E-state index contributed by atoms with van der Waals surface area (Å²) < 4.78 is 0. The second kappa shape index (κ2) is 5.58. The number of rotatable bonds is 3. The van der Waals surface area contributed by atoms with Crippen LogP contribution in [0.5, 0.6) is 0 Å². The van der Waals surface area contributed by atoms with Crippen LogP contribution >= 0.6 is 11.6 Å². The zero-order chi connectivity index (χ0) is 12.3. The molecule has 0 radical (unpaired) electrons. The topological polar surface area (TPSA) is 42.2 Å². The summed E-state index contributed by atoms with van der Waals surface area (Å²) in [7, 11) is 0. The minimum Gasteiger partial charge on any atom is -0.397 e. The van der Waals surface area contributed by atoms with Crippen molar-refractivity contribution in [2.45, 2.75) is 45.1 Å². The number of hydrogen-bond acceptors (Lipinski definition) is 3. The number of nitrogen functional groups attached to an aromatic ring is 1. The number of nitrogens with zero attached hydrogens (tertiary/aromatic N) is 2. The lowest BCUT2D eigenvalue weighted by Gasteiger charge is -2.35. The molecule has 0 amide bonds. The average molecular weight is 254 g/mol. The van der Waals surface area contributed by atoms with Crippen molar-refractivity contribution in [2.75, 3.05) is 17.2 Å². The van der Waals surface area contributed by atoms with Gasteiger partial charge in [0.2, 0.25) is 0 Å². The van der Waals surface area contributed by atoms with Crippen molar-refractivity contribution in [2.24, 2.45) is 0 Å². The Morgan fingerprint density at radius 1 is 1.41 bits per heavy atom. The SMILES string of the molecule is CCN(c1ncc(N)cc1Cl)C1CCCCC1. The third kappa shape index (κ3) is 2.83. The van der Waals surface area contributed by atoms with Gasteiger partial charge in [0.15, 0.2) is 0 Å². The highest BCUT2D eigenvalue weighted by Gasteiger charge is 2.22. The molecule has 1 saturated carbocycles.